The maximum atomic E-state index is 13.1. The summed E-state index contributed by atoms with van der Waals surface area (Å²) >= 11 is 5.97. The standard InChI is InChI=1S/C19H20ClNO/c1-13(2)18(15-7-9-16(20)10-8-15)19(22)21-12-11-14-5-3-4-6-17(14)21/h3-10,13,18H,11-12H2,1-2H3/t18-/m0/s1. The van der Waals surface area contributed by atoms with Gasteiger partial charge in [-0.2, -0.15) is 0 Å². The number of anilines is 1. The van der Waals surface area contributed by atoms with Crippen molar-refractivity contribution < 1.29 is 4.79 Å². The predicted molar refractivity (Wildman–Crippen MR) is 91.5 cm³/mol. The third-order valence-electron chi connectivity index (χ3n) is 4.32. The highest BCUT2D eigenvalue weighted by atomic mass is 35.5. The van der Waals surface area contributed by atoms with Crippen LogP contribution in [0.2, 0.25) is 5.02 Å². The quantitative estimate of drug-likeness (QED) is 0.806. The van der Waals surface area contributed by atoms with Gasteiger partial charge in [0.15, 0.2) is 0 Å². The minimum absolute atomic E-state index is 0.136. The molecule has 22 heavy (non-hydrogen) atoms. The summed E-state index contributed by atoms with van der Waals surface area (Å²) in [6.07, 6.45) is 0.938. The second kappa shape index (κ2) is 6.13. The van der Waals surface area contributed by atoms with Gasteiger partial charge in [-0.15, -0.1) is 0 Å². The minimum Gasteiger partial charge on any atom is -0.311 e. The molecule has 0 N–H and O–H groups in total. The van der Waals surface area contributed by atoms with Crippen molar-refractivity contribution in [3.05, 3.63) is 64.7 Å². The fourth-order valence-electron chi connectivity index (χ4n) is 3.22. The van der Waals surface area contributed by atoms with E-state index in [-0.39, 0.29) is 17.7 Å². The molecular formula is C19H20ClNO. The van der Waals surface area contributed by atoms with Crippen LogP contribution in [0.1, 0.15) is 30.9 Å². The van der Waals surface area contributed by atoms with E-state index in [2.05, 4.69) is 19.9 Å². The van der Waals surface area contributed by atoms with Crippen LogP contribution in [0.5, 0.6) is 0 Å². The zero-order chi connectivity index (χ0) is 15.7. The second-order valence-corrected chi connectivity index (χ2v) is 6.58. The van der Waals surface area contributed by atoms with Crippen LogP contribution in [-0.2, 0) is 11.2 Å². The lowest BCUT2D eigenvalue weighted by Crippen LogP contribution is -2.35. The number of carbonyl (C=O) groups excluding carboxylic acids is 1. The molecule has 3 heteroatoms. The van der Waals surface area contributed by atoms with Crippen molar-refractivity contribution in [3.8, 4) is 0 Å². The maximum absolute atomic E-state index is 13.1. The molecule has 0 bridgehead atoms. The molecule has 0 radical (unpaired) electrons. The first-order chi connectivity index (χ1) is 10.6. The minimum atomic E-state index is -0.136. The number of amides is 1. The lowest BCUT2D eigenvalue weighted by atomic mass is 9.87. The Morgan fingerprint density at radius 1 is 1.09 bits per heavy atom. The Labute approximate surface area is 136 Å². The summed E-state index contributed by atoms with van der Waals surface area (Å²) in [7, 11) is 0. The molecule has 1 aliphatic rings. The first-order valence-corrected chi connectivity index (χ1v) is 8.10. The van der Waals surface area contributed by atoms with E-state index >= 15 is 0 Å². The Kier molecular flexibility index (Phi) is 4.21. The molecular weight excluding hydrogens is 294 g/mol. The zero-order valence-corrected chi connectivity index (χ0v) is 13.7. The molecule has 0 saturated heterocycles. The van der Waals surface area contributed by atoms with Gasteiger partial charge in [0.25, 0.3) is 0 Å². The molecule has 2 nitrogen and oxygen atoms in total. The number of para-hydroxylation sites is 1. The highest BCUT2D eigenvalue weighted by Crippen LogP contribution is 2.34. The van der Waals surface area contributed by atoms with Crippen molar-refractivity contribution in [2.75, 3.05) is 11.4 Å². The SMILES string of the molecule is CC(C)[C@H](C(=O)N1CCc2ccccc21)c1ccc(Cl)cc1. The van der Waals surface area contributed by atoms with Crippen LogP contribution in [0.15, 0.2) is 48.5 Å². The number of fused-ring (bicyclic) bond motifs is 1. The molecule has 0 unspecified atom stereocenters. The first-order valence-electron chi connectivity index (χ1n) is 7.72. The van der Waals surface area contributed by atoms with E-state index in [1.807, 2.05) is 47.4 Å². The van der Waals surface area contributed by atoms with Gasteiger partial charge in [0.1, 0.15) is 0 Å². The summed E-state index contributed by atoms with van der Waals surface area (Å²) in [5.74, 6) is 0.284. The lowest BCUT2D eigenvalue weighted by molar-refractivity contribution is -0.120. The van der Waals surface area contributed by atoms with Gasteiger partial charge in [0, 0.05) is 17.3 Å². The average molecular weight is 314 g/mol. The molecule has 0 saturated carbocycles. The van der Waals surface area contributed by atoms with Crippen LogP contribution in [-0.4, -0.2) is 12.5 Å². The van der Waals surface area contributed by atoms with Gasteiger partial charge in [0.05, 0.1) is 5.92 Å². The number of rotatable bonds is 3. The first kappa shape index (κ1) is 15.1. The number of carbonyl (C=O) groups is 1. The van der Waals surface area contributed by atoms with Crippen molar-refractivity contribution in [1.29, 1.82) is 0 Å². The van der Waals surface area contributed by atoms with Crippen LogP contribution in [0.25, 0.3) is 0 Å². The molecule has 1 heterocycles. The molecule has 0 spiro atoms. The number of hydrogen-bond acceptors (Lipinski definition) is 1. The van der Waals surface area contributed by atoms with E-state index in [0.717, 1.165) is 24.2 Å². The van der Waals surface area contributed by atoms with Gasteiger partial charge in [-0.3, -0.25) is 4.79 Å². The van der Waals surface area contributed by atoms with Crippen molar-refractivity contribution >= 4 is 23.2 Å². The molecule has 114 valence electrons. The monoisotopic (exact) mass is 313 g/mol. The van der Waals surface area contributed by atoms with Gasteiger partial charge in [-0.05, 0) is 41.7 Å². The van der Waals surface area contributed by atoms with Gasteiger partial charge < -0.3 is 4.90 Å². The highest BCUT2D eigenvalue weighted by molar-refractivity contribution is 6.30. The Morgan fingerprint density at radius 3 is 2.45 bits per heavy atom. The van der Waals surface area contributed by atoms with Crippen molar-refractivity contribution in [2.24, 2.45) is 5.92 Å². The van der Waals surface area contributed by atoms with E-state index in [1.165, 1.54) is 5.56 Å². The molecule has 1 aliphatic heterocycles. The lowest BCUT2D eigenvalue weighted by Gasteiger charge is -2.27. The van der Waals surface area contributed by atoms with Gasteiger partial charge in [-0.25, -0.2) is 0 Å². The summed E-state index contributed by atoms with van der Waals surface area (Å²) in [6, 6.07) is 15.8. The fraction of sp³-hybridized carbons (Fsp3) is 0.316. The third kappa shape index (κ3) is 2.76. The Bertz CT molecular complexity index is 678. The van der Waals surface area contributed by atoms with Crippen LogP contribution >= 0.6 is 11.6 Å². The zero-order valence-electron chi connectivity index (χ0n) is 12.9. The third-order valence-corrected chi connectivity index (χ3v) is 4.57. The smallest absolute Gasteiger partial charge is 0.234 e. The summed E-state index contributed by atoms with van der Waals surface area (Å²) in [4.78, 5) is 15.1. The normalized spacial score (nSPS) is 15.0. The molecule has 3 rings (SSSR count). The maximum Gasteiger partial charge on any atom is 0.234 e. The number of halogens is 1. The topological polar surface area (TPSA) is 20.3 Å². The second-order valence-electron chi connectivity index (χ2n) is 6.14. The molecule has 0 fully saturated rings. The van der Waals surface area contributed by atoms with Crippen LogP contribution in [0, 0.1) is 5.92 Å². The number of nitrogens with zero attached hydrogens (tertiary/aromatic N) is 1. The average Bonchev–Trinajstić information content (AvgIpc) is 2.93. The molecule has 0 aliphatic carbocycles. The summed E-state index contributed by atoms with van der Waals surface area (Å²) in [5.41, 5.74) is 3.36. The largest absolute Gasteiger partial charge is 0.311 e. The molecule has 2 aromatic carbocycles. The highest BCUT2D eigenvalue weighted by Gasteiger charge is 2.32. The Morgan fingerprint density at radius 2 is 1.77 bits per heavy atom. The molecule has 2 aromatic rings. The Hall–Kier alpha value is -1.80. The molecule has 1 amide bonds. The van der Waals surface area contributed by atoms with E-state index < -0.39 is 0 Å². The predicted octanol–water partition coefficient (Wildman–Crippen LogP) is 4.67. The van der Waals surface area contributed by atoms with E-state index in [9.17, 15) is 4.79 Å². The van der Waals surface area contributed by atoms with E-state index in [4.69, 9.17) is 11.6 Å². The van der Waals surface area contributed by atoms with Gasteiger partial charge in [-0.1, -0.05) is 55.8 Å². The van der Waals surface area contributed by atoms with Gasteiger partial charge in [0.2, 0.25) is 5.91 Å². The summed E-state index contributed by atoms with van der Waals surface area (Å²) < 4.78 is 0. The van der Waals surface area contributed by atoms with Crippen molar-refractivity contribution in [3.63, 3.8) is 0 Å². The van der Waals surface area contributed by atoms with Gasteiger partial charge >= 0.3 is 0 Å². The summed E-state index contributed by atoms with van der Waals surface area (Å²) in [6.45, 7) is 4.97. The van der Waals surface area contributed by atoms with Crippen LogP contribution < -0.4 is 4.90 Å². The number of hydrogen-bond donors (Lipinski definition) is 0. The Balaban J connectivity index is 1.93. The summed E-state index contributed by atoms with van der Waals surface area (Å²) in [5, 5.41) is 0.699. The van der Waals surface area contributed by atoms with Crippen LogP contribution in [0.3, 0.4) is 0 Å². The van der Waals surface area contributed by atoms with Crippen molar-refractivity contribution in [2.45, 2.75) is 26.2 Å². The van der Waals surface area contributed by atoms with Crippen LogP contribution in [0.4, 0.5) is 5.69 Å². The molecule has 1 atom stereocenters. The van der Waals surface area contributed by atoms with E-state index in [1.54, 1.807) is 0 Å². The molecule has 0 aromatic heterocycles. The van der Waals surface area contributed by atoms with E-state index in [0.29, 0.717) is 5.02 Å². The number of benzene rings is 2. The fourth-order valence-corrected chi connectivity index (χ4v) is 3.34. The van der Waals surface area contributed by atoms with Crippen molar-refractivity contribution in [1.82, 2.24) is 0 Å².